The van der Waals surface area contributed by atoms with Gasteiger partial charge in [0.2, 0.25) is 5.89 Å². The molecule has 0 saturated heterocycles. The van der Waals surface area contributed by atoms with Gasteiger partial charge in [0.15, 0.2) is 5.58 Å². The molecule has 0 radical (unpaired) electrons. The fourth-order valence-electron chi connectivity index (χ4n) is 2.69. The van der Waals surface area contributed by atoms with Crippen LogP contribution in [0.15, 0.2) is 74.5 Å². The summed E-state index contributed by atoms with van der Waals surface area (Å²) in [4.78, 5) is 9.00. The average molecular weight is 407 g/mol. The summed E-state index contributed by atoms with van der Waals surface area (Å²) < 4.78 is 6.81. The van der Waals surface area contributed by atoms with Crippen molar-refractivity contribution in [1.29, 1.82) is 0 Å². The molecule has 26 heavy (non-hydrogen) atoms. The van der Waals surface area contributed by atoms with Crippen LogP contribution in [-0.4, -0.2) is 16.3 Å². The second-order valence-corrected chi connectivity index (χ2v) is 6.86. The first-order valence-corrected chi connectivity index (χ1v) is 8.88. The molecule has 0 unspecified atom stereocenters. The molecule has 0 fully saturated rings. The molecule has 1 N–H and O–H groups in total. The van der Waals surface area contributed by atoms with Crippen molar-refractivity contribution in [2.24, 2.45) is 4.99 Å². The van der Waals surface area contributed by atoms with Gasteiger partial charge in [-0.15, -0.1) is 0 Å². The van der Waals surface area contributed by atoms with E-state index in [-0.39, 0.29) is 5.75 Å². The summed E-state index contributed by atoms with van der Waals surface area (Å²) in [6, 6.07) is 18.8. The Bertz CT molecular complexity index is 1130. The van der Waals surface area contributed by atoms with E-state index in [0.29, 0.717) is 17.0 Å². The maximum atomic E-state index is 9.90. The number of nitrogens with zero attached hydrogens (tertiary/aromatic N) is 2. The molecular formula is C21H15BrN2O2. The fraction of sp³-hybridized carbons (Fsp3) is 0.0476. The van der Waals surface area contributed by atoms with Crippen LogP contribution in [-0.2, 0) is 0 Å². The summed E-state index contributed by atoms with van der Waals surface area (Å²) in [7, 11) is 0. The number of halogens is 1. The molecule has 3 aromatic carbocycles. The van der Waals surface area contributed by atoms with Gasteiger partial charge in [-0.05, 0) is 48.9 Å². The van der Waals surface area contributed by atoms with Crippen molar-refractivity contribution >= 4 is 38.9 Å². The third kappa shape index (κ3) is 3.26. The Kier molecular flexibility index (Phi) is 4.31. The number of rotatable bonds is 3. The normalized spacial score (nSPS) is 11.5. The van der Waals surface area contributed by atoms with Crippen LogP contribution in [0.3, 0.4) is 0 Å². The quantitative estimate of drug-likeness (QED) is 0.423. The number of aliphatic imine (C=N–C) groups is 1. The Hall–Kier alpha value is -2.92. The Morgan fingerprint density at radius 1 is 1.08 bits per heavy atom. The molecule has 0 amide bonds. The first-order valence-electron chi connectivity index (χ1n) is 8.09. The van der Waals surface area contributed by atoms with Gasteiger partial charge in [-0.3, -0.25) is 4.99 Å². The van der Waals surface area contributed by atoms with Gasteiger partial charge in [0.1, 0.15) is 11.3 Å². The molecule has 5 heteroatoms. The van der Waals surface area contributed by atoms with Crippen LogP contribution in [0.4, 0.5) is 5.69 Å². The molecule has 0 saturated carbocycles. The molecule has 0 bridgehead atoms. The summed E-state index contributed by atoms with van der Waals surface area (Å²) in [5, 5.41) is 9.90. The highest BCUT2D eigenvalue weighted by molar-refractivity contribution is 9.10. The Labute approximate surface area is 159 Å². The van der Waals surface area contributed by atoms with Crippen LogP contribution in [0.2, 0.25) is 0 Å². The van der Waals surface area contributed by atoms with Gasteiger partial charge in [0.25, 0.3) is 0 Å². The number of aromatic hydroxyl groups is 1. The van der Waals surface area contributed by atoms with Crippen molar-refractivity contribution in [3.05, 3.63) is 76.3 Å². The van der Waals surface area contributed by atoms with Gasteiger partial charge in [0, 0.05) is 27.9 Å². The molecule has 4 aromatic rings. The lowest BCUT2D eigenvalue weighted by Gasteiger charge is -1.99. The molecule has 0 aliphatic heterocycles. The van der Waals surface area contributed by atoms with E-state index in [0.717, 1.165) is 26.8 Å². The number of fused-ring (bicyclic) bond motifs is 1. The molecule has 0 atom stereocenters. The maximum absolute atomic E-state index is 9.90. The van der Waals surface area contributed by atoms with Crippen molar-refractivity contribution in [1.82, 2.24) is 4.98 Å². The van der Waals surface area contributed by atoms with Crippen LogP contribution in [0.5, 0.6) is 5.75 Å². The van der Waals surface area contributed by atoms with Crippen LogP contribution in [0, 0.1) is 6.92 Å². The van der Waals surface area contributed by atoms with Crippen LogP contribution in [0.1, 0.15) is 11.1 Å². The summed E-state index contributed by atoms with van der Waals surface area (Å²) in [6.07, 6.45) is 1.62. The first-order chi connectivity index (χ1) is 12.6. The second-order valence-electron chi connectivity index (χ2n) is 5.95. The molecular weight excluding hydrogens is 392 g/mol. The maximum Gasteiger partial charge on any atom is 0.227 e. The lowest BCUT2D eigenvalue weighted by Crippen LogP contribution is -1.82. The van der Waals surface area contributed by atoms with Gasteiger partial charge < -0.3 is 9.52 Å². The van der Waals surface area contributed by atoms with Gasteiger partial charge in [-0.2, -0.15) is 0 Å². The highest BCUT2D eigenvalue weighted by Crippen LogP contribution is 2.29. The Morgan fingerprint density at radius 3 is 2.77 bits per heavy atom. The van der Waals surface area contributed by atoms with E-state index >= 15 is 0 Å². The highest BCUT2D eigenvalue weighted by Gasteiger charge is 2.10. The number of aromatic nitrogens is 1. The second kappa shape index (κ2) is 6.77. The number of oxazole rings is 1. The number of aryl methyl sites for hydroxylation is 1. The van der Waals surface area contributed by atoms with E-state index in [1.165, 1.54) is 0 Å². The highest BCUT2D eigenvalue weighted by atomic mass is 79.9. The summed E-state index contributed by atoms with van der Waals surface area (Å²) in [5.41, 5.74) is 4.92. The minimum atomic E-state index is 0.180. The Morgan fingerprint density at radius 2 is 1.92 bits per heavy atom. The molecule has 128 valence electrons. The average Bonchev–Trinajstić information content (AvgIpc) is 3.06. The van der Waals surface area contributed by atoms with Crippen molar-refractivity contribution in [2.45, 2.75) is 6.92 Å². The van der Waals surface area contributed by atoms with Crippen molar-refractivity contribution < 1.29 is 9.52 Å². The lowest BCUT2D eigenvalue weighted by atomic mass is 10.1. The number of hydrogen-bond acceptors (Lipinski definition) is 4. The van der Waals surface area contributed by atoms with Crippen molar-refractivity contribution in [3.63, 3.8) is 0 Å². The first kappa shape index (κ1) is 16.5. The molecule has 1 heterocycles. The summed E-state index contributed by atoms with van der Waals surface area (Å²) in [6.45, 7) is 2.03. The van der Waals surface area contributed by atoms with E-state index in [2.05, 4.69) is 25.9 Å². The van der Waals surface area contributed by atoms with E-state index in [1.54, 1.807) is 18.3 Å². The van der Waals surface area contributed by atoms with E-state index in [9.17, 15) is 5.11 Å². The summed E-state index contributed by atoms with van der Waals surface area (Å²) in [5.74, 6) is 0.781. The van der Waals surface area contributed by atoms with Crippen LogP contribution < -0.4 is 0 Å². The SMILES string of the molecule is Cc1ccccc1-c1nc2ccc(N=Cc3cc(Br)ccc3O)cc2o1. The van der Waals surface area contributed by atoms with Gasteiger partial charge in [0.05, 0.1) is 5.69 Å². The molecule has 4 rings (SSSR count). The van der Waals surface area contributed by atoms with Gasteiger partial charge in [-0.25, -0.2) is 4.98 Å². The number of phenolic OH excluding ortho intramolecular Hbond substituents is 1. The number of phenols is 1. The largest absolute Gasteiger partial charge is 0.507 e. The molecule has 4 nitrogen and oxygen atoms in total. The van der Waals surface area contributed by atoms with E-state index < -0.39 is 0 Å². The molecule has 0 spiro atoms. The molecule has 1 aromatic heterocycles. The lowest BCUT2D eigenvalue weighted by molar-refractivity contribution is 0.474. The van der Waals surface area contributed by atoms with Crippen LogP contribution in [0.25, 0.3) is 22.6 Å². The minimum Gasteiger partial charge on any atom is -0.507 e. The zero-order valence-corrected chi connectivity index (χ0v) is 15.6. The van der Waals surface area contributed by atoms with Gasteiger partial charge in [-0.1, -0.05) is 34.1 Å². The third-order valence-electron chi connectivity index (χ3n) is 4.09. The topological polar surface area (TPSA) is 58.6 Å². The number of benzene rings is 3. The number of hydrogen-bond donors (Lipinski definition) is 1. The monoisotopic (exact) mass is 406 g/mol. The molecule has 0 aliphatic rings. The smallest absolute Gasteiger partial charge is 0.227 e. The standard InChI is InChI=1S/C21H15BrN2O2/c1-13-4-2-3-5-17(13)21-24-18-8-7-16(11-20(18)26-21)23-12-14-10-15(22)6-9-19(14)25/h2-12,25H,1H3. The van der Waals surface area contributed by atoms with Crippen LogP contribution >= 0.6 is 15.9 Å². The van der Waals surface area contributed by atoms with Gasteiger partial charge >= 0.3 is 0 Å². The van der Waals surface area contributed by atoms with Crippen molar-refractivity contribution in [3.8, 4) is 17.2 Å². The predicted octanol–water partition coefficient (Wildman–Crippen LogP) is 6.02. The Balaban J connectivity index is 1.69. The zero-order chi connectivity index (χ0) is 18.1. The van der Waals surface area contributed by atoms with E-state index in [4.69, 9.17) is 4.42 Å². The van der Waals surface area contributed by atoms with Crippen molar-refractivity contribution in [2.75, 3.05) is 0 Å². The fourth-order valence-corrected chi connectivity index (χ4v) is 3.07. The predicted molar refractivity (Wildman–Crippen MR) is 107 cm³/mol. The third-order valence-corrected chi connectivity index (χ3v) is 4.58. The minimum absolute atomic E-state index is 0.180. The summed E-state index contributed by atoms with van der Waals surface area (Å²) >= 11 is 3.39. The zero-order valence-electron chi connectivity index (χ0n) is 14.0. The molecule has 0 aliphatic carbocycles. The van der Waals surface area contributed by atoms with E-state index in [1.807, 2.05) is 55.5 Å².